The monoisotopic (exact) mass is 516 g/mol. The van der Waals surface area contributed by atoms with Gasteiger partial charge < -0.3 is 5.53 Å². The van der Waals surface area contributed by atoms with E-state index in [1.54, 1.807) is 14.4 Å². The Bertz CT molecular complexity index is 952. The molecule has 2 aromatic carbocycles. The Morgan fingerprint density at radius 3 is 1.60 bits per heavy atom. The summed E-state index contributed by atoms with van der Waals surface area (Å²) in [4.78, 5) is 0. The van der Waals surface area contributed by atoms with E-state index in [9.17, 15) is 5.53 Å². The molecule has 0 atom stereocenters. The maximum absolute atomic E-state index is 11.3. The zero-order valence-electron chi connectivity index (χ0n) is 22.7. The summed E-state index contributed by atoms with van der Waals surface area (Å²) in [5.41, 5.74) is 19.3. The van der Waals surface area contributed by atoms with Crippen LogP contribution in [0.1, 0.15) is 101 Å². The zero-order chi connectivity index (χ0) is 25.5. The van der Waals surface area contributed by atoms with Gasteiger partial charge in [-0.3, -0.25) is 0 Å². The van der Waals surface area contributed by atoms with Crippen molar-refractivity contribution in [3.8, 4) is 0 Å². The van der Waals surface area contributed by atoms with Crippen LogP contribution in [0.25, 0.3) is 16.9 Å². The minimum absolute atomic E-state index is 0.891. The number of unbranched alkanes of at least 4 members (excludes halogenated alkanes) is 5. The molecule has 3 heteroatoms. The Balaban J connectivity index is 0.00000137. The zero-order valence-corrected chi connectivity index (χ0v) is 23.7. The van der Waals surface area contributed by atoms with E-state index >= 15 is 0 Å². The van der Waals surface area contributed by atoms with Crippen LogP contribution in [0.4, 0.5) is 0 Å². The average Bonchev–Trinajstić information content (AvgIpc) is 3.21. The molecule has 3 rings (SSSR count). The first kappa shape index (κ1) is 29.2. The van der Waals surface area contributed by atoms with Gasteiger partial charge in [-0.1, -0.05) is 77.1 Å². The Labute approximate surface area is 221 Å². The molecule has 2 nitrogen and oxygen atoms in total. The predicted octanol–water partition coefficient (Wildman–Crippen LogP) is 10.3. The van der Waals surface area contributed by atoms with Gasteiger partial charge in [-0.05, 0) is 73.9 Å². The third kappa shape index (κ3) is 9.19. The van der Waals surface area contributed by atoms with Gasteiger partial charge in [0.05, 0.1) is 0 Å². The summed E-state index contributed by atoms with van der Waals surface area (Å²) >= 11 is 1.62. The molecule has 0 saturated heterocycles. The van der Waals surface area contributed by atoms with Gasteiger partial charge in [-0.15, -0.1) is 0 Å². The molecule has 0 aromatic heterocycles. The third-order valence-electron chi connectivity index (χ3n) is 6.47. The molecular formula is C32H46N2Ni. The Hall–Kier alpha value is -1.99. The molecular weight excluding hydrogens is 471 g/mol. The SMILES string of the molecule is CCCCCCC1=C(c2ccc(CCCC)cc2)[N+](=[N-])C(c2ccc(CCCC)cc2)=C1.[CH3][Ni][CH3]. The first-order valence-corrected chi connectivity index (χ1v) is 15.4. The van der Waals surface area contributed by atoms with Crippen LogP contribution in [-0.2, 0) is 27.3 Å². The van der Waals surface area contributed by atoms with Crippen molar-refractivity contribution in [3.63, 3.8) is 0 Å². The Kier molecular flexibility index (Phi) is 13.9. The molecule has 0 N–H and O–H groups in total. The number of rotatable bonds is 13. The maximum atomic E-state index is 11.3. The van der Waals surface area contributed by atoms with Crippen molar-refractivity contribution < 1.29 is 19.1 Å². The van der Waals surface area contributed by atoms with Crippen LogP contribution >= 0.6 is 0 Å². The molecule has 0 aliphatic carbocycles. The Morgan fingerprint density at radius 2 is 1.11 bits per heavy atom. The topological polar surface area (TPSA) is 25.3 Å². The first-order chi connectivity index (χ1) is 17.1. The van der Waals surface area contributed by atoms with Gasteiger partial charge in [-0.25, -0.2) is 4.70 Å². The molecule has 0 saturated carbocycles. The molecule has 194 valence electrons. The standard InChI is InChI=1S/C30H40N2.2CH3.Ni/c1-4-7-10-11-14-28-23-29(26-19-15-24(16-20-26)12-8-5-2)32(31)30(28)27-21-17-25(18-22-27)13-9-6-3;;;/h15-23H,4-14H2,1-3H3;2*1H3;. The van der Waals surface area contributed by atoms with E-state index in [0.29, 0.717) is 0 Å². The van der Waals surface area contributed by atoms with Crippen molar-refractivity contribution >= 4 is 11.4 Å². The molecule has 1 heterocycles. The second-order valence-corrected chi connectivity index (χ2v) is 10.4. The quantitative estimate of drug-likeness (QED) is 0.144. The van der Waals surface area contributed by atoms with E-state index < -0.39 is 0 Å². The average molecular weight is 517 g/mol. The summed E-state index contributed by atoms with van der Waals surface area (Å²) in [5, 5.41) is 0. The molecule has 0 bridgehead atoms. The molecule has 0 unspecified atom stereocenters. The molecule has 1 aliphatic heterocycles. The second-order valence-electron chi connectivity index (χ2n) is 9.44. The number of aryl methyl sites for hydroxylation is 2. The summed E-state index contributed by atoms with van der Waals surface area (Å²) in [6.45, 7) is 6.71. The summed E-state index contributed by atoms with van der Waals surface area (Å²) in [5.74, 6) is 4.12. The van der Waals surface area contributed by atoms with Crippen molar-refractivity contribution in [1.82, 2.24) is 0 Å². The van der Waals surface area contributed by atoms with Crippen molar-refractivity contribution in [2.75, 3.05) is 0 Å². The van der Waals surface area contributed by atoms with Gasteiger partial charge in [0.2, 0.25) is 11.4 Å². The second kappa shape index (κ2) is 16.6. The van der Waals surface area contributed by atoms with Crippen LogP contribution in [0.3, 0.4) is 0 Å². The number of hydrogen-bond acceptors (Lipinski definition) is 0. The van der Waals surface area contributed by atoms with E-state index in [1.165, 1.54) is 66.3 Å². The molecule has 0 radical (unpaired) electrons. The van der Waals surface area contributed by atoms with Crippen LogP contribution in [0.15, 0.2) is 60.2 Å². The third-order valence-corrected chi connectivity index (χ3v) is 6.47. The summed E-state index contributed by atoms with van der Waals surface area (Å²) < 4.78 is 1.43. The van der Waals surface area contributed by atoms with Gasteiger partial charge in [-0.2, -0.15) is 0 Å². The van der Waals surface area contributed by atoms with E-state index in [4.69, 9.17) is 0 Å². The summed E-state index contributed by atoms with van der Waals surface area (Å²) in [6.07, 6.45) is 15.2. The van der Waals surface area contributed by atoms with Gasteiger partial charge >= 0.3 is 26.2 Å². The summed E-state index contributed by atoms with van der Waals surface area (Å²) in [6, 6.07) is 17.5. The minimum atomic E-state index is 0.891. The fraction of sp³-hybridized carbons (Fsp3) is 0.500. The fourth-order valence-corrected chi connectivity index (χ4v) is 4.43. The van der Waals surface area contributed by atoms with Crippen LogP contribution < -0.4 is 0 Å². The molecule has 2 aromatic rings. The summed E-state index contributed by atoms with van der Waals surface area (Å²) in [7, 11) is 0. The van der Waals surface area contributed by atoms with Crippen molar-refractivity contribution in [2.45, 2.75) is 103 Å². The normalized spacial score (nSPS) is 13.2. The van der Waals surface area contributed by atoms with Gasteiger partial charge in [0, 0.05) is 22.8 Å². The van der Waals surface area contributed by atoms with Crippen molar-refractivity contribution in [3.05, 3.63) is 88.0 Å². The Morgan fingerprint density at radius 1 is 0.629 bits per heavy atom. The number of benzene rings is 2. The number of allylic oxidation sites excluding steroid dienone is 2. The fourth-order valence-electron chi connectivity index (χ4n) is 4.43. The van der Waals surface area contributed by atoms with Crippen LogP contribution in [0, 0.1) is 0 Å². The van der Waals surface area contributed by atoms with Crippen molar-refractivity contribution in [2.24, 2.45) is 0 Å². The molecule has 0 amide bonds. The molecule has 1 aliphatic rings. The van der Waals surface area contributed by atoms with Crippen molar-refractivity contribution in [1.29, 1.82) is 0 Å². The van der Waals surface area contributed by atoms with Gasteiger partial charge in [0.25, 0.3) is 0 Å². The predicted molar refractivity (Wildman–Crippen MR) is 149 cm³/mol. The number of hydrogen-bond donors (Lipinski definition) is 0. The molecule has 0 spiro atoms. The van der Waals surface area contributed by atoms with Crippen LogP contribution in [0.2, 0.25) is 11.8 Å². The van der Waals surface area contributed by atoms with E-state index in [2.05, 4.69) is 87.2 Å². The van der Waals surface area contributed by atoms with Crippen LogP contribution in [-0.4, -0.2) is 4.70 Å². The van der Waals surface area contributed by atoms with Gasteiger partial charge in [0.1, 0.15) is 0 Å². The first-order valence-electron chi connectivity index (χ1n) is 13.4. The van der Waals surface area contributed by atoms with E-state index in [0.717, 1.165) is 48.2 Å². The van der Waals surface area contributed by atoms with Crippen LogP contribution in [0.5, 0.6) is 0 Å². The van der Waals surface area contributed by atoms with E-state index in [-0.39, 0.29) is 0 Å². The molecule has 35 heavy (non-hydrogen) atoms. The van der Waals surface area contributed by atoms with E-state index in [1.807, 2.05) is 0 Å². The van der Waals surface area contributed by atoms with Gasteiger partial charge in [0.15, 0.2) is 0 Å². The molecule has 0 fully saturated rings. The number of nitrogens with zero attached hydrogens (tertiary/aromatic N) is 2.